The Morgan fingerprint density at radius 2 is 2.04 bits per heavy atom. The molecule has 5 nitrogen and oxygen atoms in total. The van der Waals surface area contributed by atoms with Gasteiger partial charge in [-0.2, -0.15) is 0 Å². The molecule has 0 saturated heterocycles. The van der Waals surface area contributed by atoms with E-state index in [-0.39, 0.29) is 12.7 Å². The van der Waals surface area contributed by atoms with Gasteiger partial charge in [0.2, 0.25) is 6.79 Å². The number of amides is 1. The van der Waals surface area contributed by atoms with Crippen LogP contribution >= 0.6 is 11.6 Å². The number of carbonyl (C=O) groups is 1. The van der Waals surface area contributed by atoms with E-state index in [0.29, 0.717) is 36.0 Å². The van der Waals surface area contributed by atoms with Crippen molar-refractivity contribution < 1.29 is 19.0 Å². The second-order valence-electron chi connectivity index (χ2n) is 5.42. The summed E-state index contributed by atoms with van der Waals surface area (Å²) < 4.78 is 15.8. The Bertz CT molecular complexity index is 735. The minimum absolute atomic E-state index is 0.0905. The lowest BCUT2D eigenvalue weighted by Gasteiger charge is -2.23. The van der Waals surface area contributed by atoms with E-state index < -0.39 is 0 Å². The molecule has 0 saturated carbocycles. The average molecular weight is 348 g/mol. The van der Waals surface area contributed by atoms with Crippen molar-refractivity contribution in [3.8, 4) is 11.5 Å². The van der Waals surface area contributed by atoms with Gasteiger partial charge in [0.1, 0.15) is 0 Å². The largest absolute Gasteiger partial charge is 0.454 e. The van der Waals surface area contributed by atoms with Crippen LogP contribution < -0.4 is 9.47 Å². The minimum atomic E-state index is -0.0905. The molecule has 0 atom stereocenters. The fourth-order valence-corrected chi connectivity index (χ4v) is 2.71. The Morgan fingerprint density at radius 1 is 1.21 bits per heavy atom. The highest BCUT2D eigenvalue weighted by atomic mass is 35.5. The molecule has 0 spiro atoms. The maximum atomic E-state index is 12.8. The fourth-order valence-electron chi connectivity index (χ4n) is 2.52. The summed E-state index contributed by atoms with van der Waals surface area (Å²) in [6.45, 7) is 1.62. The van der Waals surface area contributed by atoms with Crippen molar-refractivity contribution in [3.05, 3.63) is 58.6 Å². The summed E-state index contributed by atoms with van der Waals surface area (Å²) in [4.78, 5) is 14.5. The molecule has 0 aromatic heterocycles. The molecule has 0 radical (unpaired) electrons. The van der Waals surface area contributed by atoms with E-state index in [1.807, 2.05) is 18.2 Å². The summed E-state index contributed by atoms with van der Waals surface area (Å²) in [5, 5.41) is 0.538. The van der Waals surface area contributed by atoms with E-state index in [2.05, 4.69) is 0 Å². The second-order valence-corrected chi connectivity index (χ2v) is 5.85. The smallest absolute Gasteiger partial charge is 0.254 e. The van der Waals surface area contributed by atoms with Crippen LogP contribution in [0.4, 0.5) is 0 Å². The maximum absolute atomic E-state index is 12.8. The van der Waals surface area contributed by atoms with Crippen molar-refractivity contribution in [2.45, 2.75) is 6.54 Å². The van der Waals surface area contributed by atoms with Crippen molar-refractivity contribution >= 4 is 17.5 Å². The first-order valence-electron chi connectivity index (χ1n) is 7.59. The normalized spacial score (nSPS) is 12.2. The number of carbonyl (C=O) groups excluding carboxylic acids is 1. The van der Waals surface area contributed by atoms with Gasteiger partial charge in [-0.15, -0.1) is 0 Å². The van der Waals surface area contributed by atoms with Crippen molar-refractivity contribution in [2.75, 3.05) is 27.1 Å². The van der Waals surface area contributed by atoms with Crippen molar-refractivity contribution in [1.29, 1.82) is 0 Å². The molecule has 6 heteroatoms. The lowest BCUT2D eigenvalue weighted by atomic mass is 10.1. The van der Waals surface area contributed by atoms with E-state index in [0.717, 1.165) is 11.3 Å². The van der Waals surface area contributed by atoms with Crippen LogP contribution in [0.3, 0.4) is 0 Å². The zero-order valence-electron chi connectivity index (χ0n) is 13.3. The first kappa shape index (κ1) is 16.6. The number of hydrogen-bond donors (Lipinski definition) is 0. The lowest BCUT2D eigenvalue weighted by Crippen LogP contribution is -2.33. The highest BCUT2D eigenvalue weighted by Crippen LogP contribution is 2.32. The molecule has 0 fully saturated rings. The summed E-state index contributed by atoms with van der Waals surface area (Å²) in [7, 11) is 1.61. The highest BCUT2D eigenvalue weighted by molar-refractivity contribution is 6.30. The molecule has 2 aromatic carbocycles. The van der Waals surface area contributed by atoms with Gasteiger partial charge in [-0.25, -0.2) is 0 Å². The Balaban J connectivity index is 1.79. The van der Waals surface area contributed by atoms with Crippen LogP contribution in [0, 0.1) is 0 Å². The lowest BCUT2D eigenvalue weighted by molar-refractivity contribution is 0.0680. The standard InChI is InChI=1S/C18H18ClNO4/c1-22-8-7-20(18(21)14-3-2-4-15(19)10-14)11-13-5-6-16-17(9-13)24-12-23-16/h2-6,9-10H,7-8,11-12H2,1H3. The molecular weight excluding hydrogens is 330 g/mol. The number of ether oxygens (including phenoxy) is 3. The predicted octanol–water partition coefficient (Wildman–Crippen LogP) is 3.36. The molecule has 2 aromatic rings. The predicted molar refractivity (Wildman–Crippen MR) is 90.6 cm³/mol. The summed E-state index contributed by atoms with van der Waals surface area (Å²) in [5.41, 5.74) is 1.52. The minimum Gasteiger partial charge on any atom is -0.454 e. The van der Waals surface area contributed by atoms with Crippen molar-refractivity contribution in [1.82, 2.24) is 4.90 Å². The molecule has 0 N–H and O–H groups in total. The van der Waals surface area contributed by atoms with E-state index in [9.17, 15) is 4.79 Å². The summed E-state index contributed by atoms with van der Waals surface area (Å²) >= 11 is 6.00. The summed E-state index contributed by atoms with van der Waals surface area (Å²) in [6.07, 6.45) is 0. The molecule has 3 rings (SSSR count). The number of fused-ring (bicyclic) bond motifs is 1. The van der Waals surface area contributed by atoms with E-state index in [4.69, 9.17) is 25.8 Å². The quantitative estimate of drug-likeness (QED) is 0.804. The van der Waals surface area contributed by atoms with Gasteiger partial charge in [-0.1, -0.05) is 23.7 Å². The van der Waals surface area contributed by atoms with Crippen LogP contribution in [0.15, 0.2) is 42.5 Å². The summed E-state index contributed by atoms with van der Waals surface area (Å²) in [6, 6.07) is 12.6. The highest BCUT2D eigenvalue weighted by Gasteiger charge is 2.19. The molecule has 0 aliphatic carbocycles. The molecular formula is C18H18ClNO4. The van der Waals surface area contributed by atoms with E-state index in [1.165, 1.54) is 0 Å². The first-order chi connectivity index (χ1) is 11.7. The van der Waals surface area contributed by atoms with Crippen molar-refractivity contribution in [3.63, 3.8) is 0 Å². The molecule has 24 heavy (non-hydrogen) atoms. The first-order valence-corrected chi connectivity index (χ1v) is 7.97. The van der Waals surface area contributed by atoms with Gasteiger partial charge in [0, 0.05) is 30.8 Å². The van der Waals surface area contributed by atoms with Crippen LogP contribution in [-0.4, -0.2) is 37.9 Å². The average Bonchev–Trinajstić information content (AvgIpc) is 3.05. The van der Waals surface area contributed by atoms with E-state index >= 15 is 0 Å². The topological polar surface area (TPSA) is 48.0 Å². The summed E-state index contributed by atoms with van der Waals surface area (Å²) in [5.74, 6) is 1.34. The Morgan fingerprint density at radius 3 is 2.83 bits per heavy atom. The van der Waals surface area contributed by atoms with Crippen LogP contribution in [0.2, 0.25) is 5.02 Å². The van der Waals surface area contributed by atoms with E-state index in [1.54, 1.807) is 36.3 Å². The molecule has 0 unspecified atom stereocenters. The van der Waals surface area contributed by atoms with Gasteiger partial charge in [0.15, 0.2) is 11.5 Å². The number of rotatable bonds is 6. The number of hydrogen-bond acceptors (Lipinski definition) is 4. The third-order valence-corrected chi connectivity index (χ3v) is 3.97. The van der Waals surface area contributed by atoms with Gasteiger partial charge in [-0.3, -0.25) is 4.79 Å². The fraction of sp³-hybridized carbons (Fsp3) is 0.278. The molecule has 0 bridgehead atoms. The van der Waals surface area contributed by atoms with Crippen molar-refractivity contribution in [2.24, 2.45) is 0 Å². The molecule has 1 aliphatic rings. The molecule has 1 aliphatic heterocycles. The van der Waals surface area contributed by atoms with Gasteiger partial charge in [-0.05, 0) is 35.9 Å². The Hall–Kier alpha value is -2.24. The Labute approximate surface area is 145 Å². The van der Waals surface area contributed by atoms with Crippen LogP contribution in [-0.2, 0) is 11.3 Å². The third kappa shape index (κ3) is 3.80. The van der Waals surface area contributed by atoms with Crippen LogP contribution in [0.5, 0.6) is 11.5 Å². The van der Waals surface area contributed by atoms with Crippen LogP contribution in [0.1, 0.15) is 15.9 Å². The van der Waals surface area contributed by atoms with Crippen LogP contribution in [0.25, 0.3) is 0 Å². The number of nitrogens with zero attached hydrogens (tertiary/aromatic N) is 1. The maximum Gasteiger partial charge on any atom is 0.254 e. The van der Waals surface area contributed by atoms with Gasteiger partial charge in [0.05, 0.1) is 6.61 Å². The monoisotopic (exact) mass is 347 g/mol. The molecule has 1 amide bonds. The zero-order valence-corrected chi connectivity index (χ0v) is 14.1. The third-order valence-electron chi connectivity index (χ3n) is 3.73. The van der Waals surface area contributed by atoms with Gasteiger partial charge >= 0.3 is 0 Å². The number of methoxy groups -OCH3 is 1. The second kappa shape index (κ2) is 7.55. The molecule has 1 heterocycles. The SMILES string of the molecule is COCCN(Cc1ccc2c(c1)OCO2)C(=O)c1cccc(Cl)c1. The Kier molecular flexibility index (Phi) is 5.23. The molecule has 126 valence electrons. The van der Waals surface area contributed by atoms with Gasteiger partial charge in [0.25, 0.3) is 5.91 Å². The number of halogens is 1. The van der Waals surface area contributed by atoms with Gasteiger partial charge < -0.3 is 19.1 Å². The zero-order chi connectivity index (χ0) is 16.9. The number of benzene rings is 2.